The molecule has 3 heteroatoms. The molecule has 1 aromatic rings. The van der Waals surface area contributed by atoms with Gasteiger partial charge in [-0.3, -0.25) is 0 Å². The molecule has 0 bridgehead atoms. The van der Waals surface area contributed by atoms with Gasteiger partial charge in [-0.2, -0.15) is 0 Å². The summed E-state index contributed by atoms with van der Waals surface area (Å²) in [5, 5.41) is 0. The average molecular weight is 263 g/mol. The van der Waals surface area contributed by atoms with Crippen LogP contribution >= 0.6 is 0 Å². The molecule has 1 unspecified atom stereocenters. The van der Waals surface area contributed by atoms with E-state index in [0.717, 1.165) is 31.6 Å². The molecule has 0 amide bonds. The molecule has 1 aliphatic heterocycles. The van der Waals surface area contributed by atoms with Gasteiger partial charge in [0.05, 0.1) is 11.6 Å². The summed E-state index contributed by atoms with van der Waals surface area (Å²) in [5.74, 6) is 0.546. The lowest BCUT2D eigenvalue weighted by Gasteiger charge is -2.40. The quantitative estimate of drug-likeness (QED) is 0.908. The Labute approximate surface area is 116 Å². The maximum absolute atomic E-state index is 6.46. The highest BCUT2D eigenvalue weighted by molar-refractivity contribution is 5.28. The Morgan fingerprint density at radius 3 is 2.11 bits per heavy atom. The highest BCUT2D eigenvalue weighted by Gasteiger charge is 2.39. The van der Waals surface area contributed by atoms with Crippen LogP contribution in [0.5, 0.6) is 0 Å². The molecule has 3 nitrogen and oxygen atoms in total. The zero-order chi connectivity index (χ0) is 13.9. The largest absolute Gasteiger partial charge is 0.381 e. The van der Waals surface area contributed by atoms with Crippen LogP contribution in [0.25, 0.3) is 0 Å². The monoisotopic (exact) mass is 263 g/mol. The van der Waals surface area contributed by atoms with Gasteiger partial charge >= 0.3 is 0 Å². The number of benzene rings is 1. The summed E-state index contributed by atoms with van der Waals surface area (Å²) in [6, 6.07) is 8.51. The van der Waals surface area contributed by atoms with Crippen molar-refractivity contribution >= 4 is 0 Å². The maximum atomic E-state index is 6.46. The topological polar surface area (TPSA) is 44.5 Å². The van der Waals surface area contributed by atoms with Gasteiger partial charge in [-0.25, -0.2) is 0 Å². The van der Waals surface area contributed by atoms with E-state index in [0.29, 0.717) is 5.92 Å². The summed E-state index contributed by atoms with van der Waals surface area (Å²) < 4.78 is 11.2. The first-order valence-electron chi connectivity index (χ1n) is 7.07. The van der Waals surface area contributed by atoms with Crippen LogP contribution in [0.2, 0.25) is 0 Å². The van der Waals surface area contributed by atoms with Crippen molar-refractivity contribution in [3.63, 3.8) is 0 Å². The molecule has 1 saturated heterocycles. The van der Waals surface area contributed by atoms with E-state index in [1.54, 1.807) is 7.11 Å². The second-order valence-corrected chi connectivity index (χ2v) is 5.68. The highest BCUT2D eigenvalue weighted by atomic mass is 16.5. The molecule has 2 N–H and O–H groups in total. The normalized spacial score (nSPS) is 20.5. The second-order valence-electron chi connectivity index (χ2n) is 5.68. The van der Waals surface area contributed by atoms with Gasteiger partial charge in [-0.1, -0.05) is 38.1 Å². The van der Waals surface area contributed by atoms with E-state index < -0.39 is 0 Å². The van der Waals surface area contributed by atoms with Crippen LogP contribution in [0, 0.1) is 0 Å². The van der Waals surface area contributed by atoms with E-state index in [1.165, 1.54) is 5.56 Å². The van der Waals surface area contributed by atoms with Gasteiger partial charge in [-0.15, -0.1) is 0 Å². The van der Waals surface area contributed by atoms with E-state index in [9.17, 15) is 0 Å². The van der Waals surface area contributed by atoms with E-state index in [4.69, 9.17) is 15.2 Å². The first-order chi connectivity index (χ1) is 9.09. The van der Waals surface area contributed by atoms with Gasteiger partial charge in [0.1, 0.15) is 0 Å². The molecule has 0 aliphatic carbocycles. The SMILES string of the molecule is COC1(C(N)c2ccc(C(C)C)cc2)CCOCC1. The Balaban J connectivity index is 2.19. The van der Waals surface area contributed by atoms with Gasteiger partial charge in [0, 0.05) is 33.2 Å². The van der Waals surface area contributed by atoms with Crippen molar-refractivity contribution in [2.75, 3.05) is 20.3 Å². The third kappa shape index (κ3) is 2.99. The van der Waals surface area contributed by atoms with Crippen molar-refractivity contribution < 1.29 is 9.47 Å². The first-order valence-corrected chi connectivity index (χ1v) is 7.07. The van der Waals surface area contributed by atoms with Gasteiger partial charge < -0.3 is 15.2 Å². The number of rotatable bonds is 4. The summed E-state index contributed by atoms with van der Waals surface area (Å²) in [4.78, 5) is 0. The van der Waals surface area contributed by atoms with Crippen LogP contribution in [-0.2, 0) is 9.47 Å². The lowest BCUT2D eigenvalue weighted by Crippen LogP contribution is -2.47. The Kier molecular flexibility index (Phi) is 4.61. The van der Waals surface area contributed by atoms with Crippen LogP contribution in [0.15, 0.2) is 24.3 Å². The molecular formula is C16H25NO2. The van der Waals surface area contributed by atoms with Crippen molar-refractivity contribution in [3.8, 4) is 0 Å². The summed E-state index contributed by atoms with van der Waals surface area (Å²) >= 11 is 0. The molecule has 106 valence electrons. The predicted octanol–water partition coefficient (Wildman–Crippen LogP) is 3.01. The van der Waals surface area contributed by atoms with Crippen molar-refractivity contribution in [2.45, 2.75) is 44.2 Å². The summed E-state index contributed by atoms with van der Waals surface area (Å²) in [6.45, 7) is 5.85. The minimum absolute atomic E-state index is 0.0948. The molecule has 19 heavy (non-hydrogen) atoms. The van der Waals surface area contributed by atoms with Crippen molar-refractivity contribution in [1.29, 1.82) is 0 Å². The lowest BCUT2D eigenvalue weighted by atomic mass is 9.82. The van der Waals surface area contributed by atoms with E-state index in [-0.39, 0.29) is 11.6 Å². The van der Waals surface area contributed by atoms with Gasteiger partial charge in [0.25, 0.3) is 0 Å². The molecule has 0 radical (unpaired) electrons. The van der Waals surface area contributed by atoms with E-state index in [1.807, 2.05) is 0 Å². The standard InChI is InChI=1S/C16H25NO2/c1-12(2)13-4-6-14(7-5-13)15(17)16(18-3)8-10-19-11-9-16/h4-7,12,15H,8-11,17H2,1-3H3. The first kappa shape index (κ1) is 14.5. The lowest BCUT2D eigenvalue weighted by molar-refractivity contribution is -0.105. The second kappa shape index (κ2) is 6.04. The summed E-state index contributed by atoms with van der Waals surface area (Å²) in [6.07, 6.45) is 1.72. The number of hydrogen-bond donors (Lipinski definition) is 1. The molecule has 1 aromatic carbocycles. The van der Waals surface area contributed by atoms with Gasteiger partial charge in [0.2, 0.25) is 0 Å². The van der Waals surface area contributed by atoms with Crippen molar-refractivity contribution in [3.05, 3.63) is 35.4 Å². The summed E-state index contributed by atoms with van der Waals surface area (Å²) in [5.41, 5.74) is 8.67. The molecule has 1 heterocycles. The van der Waals surface area contributed by atoms with Crippen LogP contribution in [0.4, 0.5) is 0 Å². The smallest absolute Gasteiger partial charge is 0.0914 e. The van der Waals surface area contributed by atoms with Crippen molar-refractivity contribution in [1.82, 2.24) is 0 Å². The minimum atomic E-state index is -0.280. The predicted molar refractivity (Wildman–Crippen MR) is 77.3 cm³/mol. The molecule has 1 aliphatic rings. The van der Waals surface area contributed by atoms with Crippen LogP contribution in [-0.4, -0.2) is 25.9 Å². The number of methoxy groups -OCH3 is 1. The zero-order valence-corrected chi connectivity index (χ0v) is 12.2. The Morgan fingerprint density at radius 2 is 1.63 bits per heavy atom. The van der Waals surface area contributed by atoms with Gasteiger partial charge in [-0.05, 0) is 17.0 Å². The zero-order valence-electron chi connectivity index (χ0n) is 12.2. The number of hydrogen-bond acceptors (Lipinski definition) is 3. The third-order valence-corrected chi connectivity index (χ3v) is 4.27. The van der Waals surface area contributed by atoms with E-state index >= 15 is 0 Å². The maximum Gasteiger partial charge on any atom is 0.0914 e. The Bertz CT molecular complexity index is 394. The number of nitrogens with two attached hydrogens (primary N) is 1. The fourth-order valence-electron chi connectivity index (χ4n) is 2.75. The molecule has 1 fully saturated rings. The fraction of sp³-hybridized carbons (Fsp3) is 0.625. The minimum Gasteiger partial charge on any atom is -0.381 e. The molecule has 1 atom stereocenters. The molecule has 0 spiro atoms. The number of ether oxygens (including phenoxy) is 2. The van der Waals surface area contributed by atoms with Crippen LogP contribution in [0.3, 0.4) is 0 Å². The molecule has 0 aromatic heterocycles. The fourth-order valence-corrected chi connectivity index (χ4v) is 2.75. The molecular weight excluding hydrogens is 238 g/mol. The average Bonchev–Trinajstić information content (AvgIpc) is 2.47. The van der Waals surface area contributed by atoms with Crippen molar-refractivity contribution in [2.24, 2.45) is 5.73 Å². The summed E-state index contributed by atoms with van der Waals surface area (Å²) in [7, 11) is 1.76. The highest BCUT2D eigenvalue weighted by Crippen LogP contribution is 2.36. The Morgan fingerprint density at radius 1 is 1.11 bits per heavy atom. The molecule has 2 rings (SSSR count). The van der Waals surface area contributed by atoms with Gasteiger partial charge in [0.15, 0.2) is 0 Å². The van der Waals surface area contributed by atoms with E-state index in [2.05, 4.69) is 38.1 Å². The van der Waals surface area contributed by atoms with Crippen LogP contribution < -0.4 is 5.73 Å². The third-order valence-electron chi connectivity index (χ3n) is 4.27. The van der Waals surface area contributed by atoms with Crippen LogP contribution in [0.1, 0.15) is 49.8 Å². The molecule has 0 saturated carbocycles. The Hall–Kier alpha value is -0.900.